The van der Waals surface area contributed by atoms with Crippen molar-refractivity contribution in [2.75, 3.05) is 0 Å². The lowest BCUT2D eigenvalue weighted by molar-refractivity contribution is 0.560. The van der Waals surface area contributed by atoms with Gasteiger partial charge < -0.3 is 4.42 Å². The Bertz CT molecular complexity index is 577. The SMILES string of the molecule is Cc1cc(C)c(S(=O)/N=C/c2ccco2)c(C)c1. The molecule has 0 aliphatic heterocycles. The number of benzene rings is 1. The van der Waals surface area contributed by atoms with E-state index in [9.17, 15) is 4.21 Å². The van der Waals surface area contributed by atoms with Gasteiger partial charge in [-0.1, -0.05) is 17.7 Å². The Hall–Kier alpha value is -1.68. The van der Waals surface area contributed by atoms with Crippen LogP contribution in [0, 0.1) is 20.8 Å². The normalized spacial score (nSPS) is 13.1. The minimum atomic E-state index is -1.39. The van der Waals surface area contributed by atoms with E-state index in [0.29, 0.717) is 5.76 Å². The maximum Gasteiger partial charge on any atom is 0.173 e. The average Bonchev–Trinajstić information content (AvgIpc) is 2.77. The molecule has 2 rings (SSSR count). The molecule has 0 fully saturated rings. The monoisotopic (exact) mass is 261 g/mol. The van der Waals surface area contributed by atoms with Crippen LogP contribution in [-0.4, -0.2) is 10.4 Å². The molecule has 1 atom stereocenters. The molecule has 0 saturated carbocycles. The van der Waals surface area contributed by atoms with Crippen LogP contribution in [0.4, 0.5) is 0 Å². The fraction of sp³-hybridized carbons (Fsp3) is 0.214. The highest BCUT2D eigenvalue weighted by molar-refractivity contribution is 7.84. The van der Waals surface area contributed by atoms with Crippen molar-refractivity contribution in [1.29, 1.82) is 0 Å². The Morgan fingerprint density at radius 2 is 1.89 bits per heavy atom. The topological polar surface area (TPSA) is 42.6 Å². The molecule has 0 amide bonds. The zero-order valence-electron chi connectivity index (χ0n) is 10.6. The van der Waals surface area contributed by atoms with Gasteiger partial charge in [-0.2, -0.15) is 4.40 Å². The smallest absolute Gasteiger partial charge is 0.173 e. The second-order valence-corrected chi connectivity index (χ2v) is 5.34. The van der Waals surface area contributed by atoms with Gasteiger partial charge in [-0.05, 0) is 44.0 Å². The molecule has 2 aromatic rings. The molecule has 0 aliphatic carbocycles. The Kier molecular flexibility index (Phi) is 3.77. The van der Waals surface area contributed by atoms with E-state index in [1.165, 1.54) is 11.8 Å². The maximum absolute atomic E-state index is 12.2. The van der Waals surface area contributed by atoms with Crippen molar-refractivity contribution < 1.29 is 8.63 Å². The van der Waals surface area contributed by atoms with Crippen molar-refractivity contribution in [3.05, 3.63) is 53.0 Å². The lowest BCUT2D eigenvalue weighted by Crippen LogP contribution is -1.97. The van der Waals surface area contributed by atoms with E-state index < -0.39 is 11.0 Å². The van der Waals surface area contributed by atoms with E-state index in [1.807, 2.05) is 32.9 Å². The van der Waals surface area contributed by atoms with Crippen LogP contribution in [0.15, 0.2) is 44.2 Å². The predicted molar refractivity (Wildman–Crippen MR) is 73.4 cm³/mol. The van der Waals surface area contributed by atoms with Crippen molar-refractivity contribution in [1.82, 2.24) is 0 Å². The van der Waals surface area contributed by atoms with Gasteiger partial charge in [0.15, 0.2) is 11.0 Å². The number of hydrogen-bond acceptors (Lipinski definition) is 2. The number of aryl methyl sites for hydroxylation is 3. The van der Waals surface area contributed by atoms with Crippen LogP contribution in [0.25, 0.3) is 0 Å². The van der Waals surface area contributed by atoms with Gasteiger partial charge in [0.1, 0.15) is 5.76 Å². The molecule has 3 nitrogen and oxygen atoms in total. The maximum atomic E-state index is 12.2. The lowest BCUT2D eigenvalue weighted by Gasteiger charge is -2.07. The molecule has 4 heteroatoms. The third kappa shape index (κ3) is 2.76. The van der Waals surface area contributed by atoms with E-state index in [2.05, 4.69) is 4.40 Å². The largest absolute Gasteiger partial charge is 0.463 e. The summed E-state index contributed by atoms with van der Waals surface area (Å²) in [6, 6.07) is 7.58. The summed E-state index contributed by atoms with van der Waals surface area (Å²) in [5.41, 5.74) is 3.17. The van der Waals surface area contributed by atoms with Gasteiger partial charge in [0, 0.05) is 0 Å². The molecule has 1 aromatic carbocycles. The summed E-state index contributed by atoms with van der Waals surface area (Å²) in [7, 11) is -1.39. The highest BCUT2D eigenvalue weighted by Crippen LogP contribution is 2.20. The Labute approximate surface area is 109 Å². The van der Waals surface area contributed by atoms with Crippen LogP contribution >= 0.6 is 0 Å². The first kappa shape index (κ1) is 12.8. The van der Waals surface area contributed by atoms with Gasteiger partial charge in [0.05, 0.1) is 17.4 Å². The summed E-state index contributed by atoms with van der Waals surface area (Å²) in [5.74, 6) is 0.603. The first-order chi connectivity index (χ1) is 8.58. The second-order valence-electron chi connectivity index (χ2n) is 4.23. The summed E-state index contributed by atoms with van der Waals surface area (Å²) < 4.78 is 21.3. The van der Waals surface area contributed by atoms with Gasteiger partial charge in [-0.3, -0.25) is 0 Å². The van der Waals surface area contributed by atoms with Crippen molar-refractivity contribution in [2.24, 2.45) is 4.40 Å². The molecule has 0 radical (unpaired) electrons. The molecule has 1 aromatic heterocycles. The molecule has 18 heavy (non-hydrogen) atoms. The summed E-state index contributed by atoms with van der Waals surface area (Å²) in [5, 5.41) is 0. The van der Waals surface area contributed by atoms with E-state index in [1.54, 1.807) is 18.4 Å². The fourth-order valence-electron chi connectivity index (χ4n) is 1.96. The Morgan fingerprint density at radius 1 is 1.22 bits per heavy atom. The van der Waals surface area contributed by atoms with E-state index in [4.69, 9.17) is 4.42 Å². The predicted octanol–water partition coefficient (Wildman–Crippen LogP) is 3.35. The quantitative estimate of drug-likeness (QED) is 0.795. The minimum Gasteiger partial charge on any atom is -0.463 e. The molecule has 0 N–H and O–H groups in total. The zero-order chi connectivity index (χ0) is 13.1. The summed E-state index contributed by atoms with van der Waals surface area (Å²) in [4.78, 5) is 0.781. The first-order valence-corrected chi connectivity index (χ1v) is 6.76. The number of furan rings is 1. The third-order valence-electron chi connectivity index (χ3n) is 2.60. The van der Waals surface area contributed by atoms with Crippen molar-refractivity contribution in [3.63, 3.8) is 0 Å². The van der Waals surface area contributed by atoms with Gasteiger partial charge in [-0.25, -0.2) is 4.21 Å². The first-order valence-electron chi connectivity index (χ1n) is 5.65. The molecule has 1 unspecified atom stereocenters. The lowest BCUT2D eigenvalue weighted by atomic mass is 10.1. The zero-order valence-corrected chi connectivity index (χ0v) is 11.5. The number of hydrogen-bond donors (Lipinski definition) is 0. The van der Waals surface area contributed by atoms with Crippen LogP contribution in [-0.2, 0) is 11.0 Å². The van der Waals surface area contributed by atoms with E-state index >= 15 is 0 Å². The van der Waals surface area contributed by atoms with Crippen LogP contribution in [0.5, 0.6) is 0 Å². The highest BCUT2D eigenvalue weighted by Gasteiger charge is 2.10. The third-order valence-corrected chi connectivity index (χ3v) is 3.89. The highest BCUT2D eigenvalue weighted by atomic mass is 32.2. The summed E-state index contributed by atoms with van der Waals surface area (Å²) in [6.07, 6.45) is 3.06. The fourth-order valence-corrected chi connectivity index (χ4v) is 2.93. The van der Waals surface area contributed by atoms with E-state index in [0.717, 1.165) is 16.0 Å². The Morgan fingerprint density at radius 3 is 2.44 bits per heavy atom. The molecule has 0 aliphatic rings. The van der Waals surface area contributed by atoms with E-state index in [-0.39, 0.29) is 0 Å². The van der Waals surface area contributed by atoms with Gasteiger partial charge >= 0.3 is 0 Å². The number of nitrogens with zero attached hydrogens (tertiary/aromatic N) is 1. The molecular weight excluding hydrogens is 246 g/mol. The molecule has 1 heterocycles. The molecular formula is C14H15NO2S. The minimum absolute atomic E-state index is 0.603. The van der Waals surface area contributed by atoms with Crippen molar-refractivity contribution >= 4 is 17.2 Å². The average molecular weight is 261 g/mol. The second kappa shape index (κ2) is 5.31. The van der Waals surface area contributed by atoms with Crippen LogP contribution < -0.4 is 0 Å². The van der Waals surface area contributed by atoms with Crippen molar-refractivity contribution in [3.8, 4) is 0 Å². The summed E-state index contributed by atoms with van der Waals surface area (Å²) >= 11 is 0. The van der Waals surface area contributed by atoms with Crippen LogP contribution in [0.1, 0.15) is 22.5 Å². The molecule has 0 saturated heterocycles. The van der Waals surface area contributed by atoms with Gasteiger partial charge in [0.25, 0.3) is 0 Å². The molecule has 94 valence electrons. The van der Waals surface area contributed by atoms with Crippen LogP contribution in [0.2, 0.25) is 0 Å². The van der Waals surface area contributed by atoms with Crippen LogP contribution in [0.3, 0.4) is 0 Å². The standard InChI is InChI=1S/C14H15NO2S/c1-10-7-11(2)14(12(3)8-10)18(16)15-9-13-5-4-6-17-13/h4-9H,1-3H3/b15-9+. The van der Waals surface area contributed by atoms with Gasteiger partial charge in [0.2, 0.25) is 0 Å². The van der Waals surface area contributed by atoms with Gasteiger partial charge in [-0.15, -0.1) is 0 Å². The molecule has 0 spiro atoms. The Balaban J connectivity index is 2.30. The molecule has 0 bridgehead atoms. The van der Waals surface area contributed by atoms with Crippen molar-refractivity contribution in [2.45, 2.75) is 25.7 Å². The summed E-state index contributed by atoms with van der Waals surface area (Å²) in [6.45, 7) is 5.93. The number of rotatable bonds is 3.